The van der Waals surface area contributed by atoms with Gasteiger partial charge in [0.1, 0.15) is 11.7 Å². The maximum atomic E-state index is 14.1. The lowest BCUT2D eigenvalue weighted by Crippen LogP contribution is -2.42. The Morgan fingerprint density at radius 2 is 1.77 bits per heavy atom. The van der Waals surface area contributed by atoms with Gasteiger partial charge in [-0.15, -0.1) is 0 Å². The standard InChI is InChI=1S/C28H22FN5O/c1-17(29)18-7-5-8-22(13-18)34-27-21(16-33(2)28(34)35)15-31-25-11-10-24(32-26(25)27)20-12-19-6-3-4-9-23(19)30-14-20/h3-15,17H,16H2,1-2H3. The molecule has 0 radical (unpaired) electrons. The zero-order valence-electron chi connectivity index (χ0n) is 19.3. The van der Waals surface area contributed by atoms with Crippen molar-refractivity contribution < 1.29 is 9.18 Å². The third-order valence-electron chi connectivity index (χ3n) is 6.38. The predicted molar refractivity (Wildman–Crippen MR) is 135 cm³/mol. The molecule has 1 atom stereocenters. The maximum Gasteiger partial charge on any atom is 0.329 e. The summed E-state index contributed by atoms with van der Waals surface area (Å²) in [5, 5.41) is 1.02. The number of nitrogens with zero attached hydrogens (tertiary/aromatic N) is 5. The number of urea groups is 1. The van der Waals surface area contributed by atoms with Crippen molar-refractivity contribution in [2.45, 2.75) is 19.6 Å². The monoisotopic (exact) mass is 463 g/mol. The van der Waals surface area contributed by atoms with E-state index in [1.54, 1.807) is 41.2 Å². The van der Waals surface area contributed by atoms with Crippen LogP contribution in [0.2, 0.25) is 0 Å². The number of benzene rings is 2. The average Bonchev–Trinajstić information content (AvgIpc) is 2.89. The van der Waals surface area contributed by atoms with Crippen molar-refractivity contribution in [2.75, 3.05) is 11.9 Å². The van der Waals surface area contributed by atoms with Gasteiger partial charge in [-0.25, -0.2) is 14.2 Å². The highest BCUT2D eigenvalue weighted by Crippen LogP contribution is 2.40. The van der Waals surface area contributed by atoms with Crippen LogP contribution in [0.25, 0.3) is 33.2 Å². The second-order valence-corrected chi connectivity index (χ2v) is 8.80. The first-order valence-corrected chi connectivity index (χ1v) is 11.4. The number of carbonyl (C=O) groups is 1. The molecule has 0 saturated carbocycles. The van der Waals surface area contributed by atoms with Gasteiger partial charge in [0.25, 0.3) is 0 Å². The Morgan fingerprint density at radius 3 is 2.63 bits per heavy atom. The molecule has 0 spiro atoms. The topological polar surface area (TPSA) is 62.2 Å². The Bertz CT molecular complexity index is 1620. The highest BCUT2D eigenvalue weighted by atomic mass is 19.1. The maximum absolute atomic E-state index is 14.1. The molecule has 172 valence electrons. The van der Waals surface area contributed by atoms with E-state index in [0.717, 1.165) is 27.7 Å². The van der Waals surface area contributed by atoms with E-state index in [2.05, 4.69) is 16.0 Å². The molecule has 2 amide bonds. The quantitative estimate of drug-likeness (QED) is 0.303. The molecule has 5 aromatic rings. The van der Waals surface area contributed by atoms with Crippen LogP contribution in [0.1, 0.15) is 24.2 Å². The third kappa shape index (κ3) is 3.56. The van der Waals surface area contributed by atoms with Gasteiger partial charge in [-0.1, -0.05) is 30.3 Å². The van der Waals surface area contributed by atoms with Gasteiger partial charge in [0.15, 0.2) is 0 Å². The lowest BCUT2D eigenvalue weighted by atomic mass is 10.1. The molecule has 0 bridgehead atoms. The SMILES string of the molecule is CC(F)c1cccc(N2C(=O)N(C)Cc3cnc4ccc(-c5cnc6ccccc6c5)nc4c32)c1. The Hall–Kier alpha value is -4.39. The number of anilines is 2. The second-order valence-electron chi connectivity index (χ2n) is 8.80. The lowest BCUT2D eigenvalue weighted by molar-refractivity contribution is 0.213. The number of hydrogen-bond donors (Lipinski definition) is 0. The number of rotatable bonds is 3. The number of fused-ring (bicyclic) bond motifs is 4. The normalized spacial score (nSPS) is 14.4. The summed E-state index contributed by atoms with van der Waals surface area (Å²) in [5.74, 6) is 0. The fraction of sp³-hybridized carbons (Fsp3) is 0.143. The summed E-state index contributed by atoms with van der Waals surface area (Å²) >= 11 is 0. The summed E-state index contributed by atoms with van der Waals surface area (Å²) < 4.78 is 14.1. The van der Waals surface area contributed by atoms with Crippen LogP contribution in [0.15, 0.2) is 79.1 Å². The number of hydrogen-bond acceptors (Lipinski definition) is 4. The molecular formula is C28H22FN5O. The molecule has 35 heavy (non-hydrogen) atoms. The zero-order valence-corrected chi connectivity index (χ0v) is 19.3. The summed E-state index contributed by atoms with van der Waals surface area (Å²) in [6.07, 6.45) is 2.45. The zero-order chi connectivity index (χ0) is 24.1. The summed E-state index contributed by atoms with van der Waals surface area (Å²) in [6, 6.07) is 20.6. The van der Waals surface area contributed by atoms with Gasteiger partial charge in [0.2, 0.25) is 0 Å². The first kappa shape index (κ1) is 21.2. The van der Waals surface area contributed by atoms with Crippen molar-refractivity contribution in [1.82, 2.24) is 19.9 Å². The Labute approximate surface area is 201 Å². The van der Waals surface area contributed by atoms with E-state index in [1.807, 2.05) is 48.7 Å². The summed E-state index contributed by atoms with van der Waals surface area (Å²) in [5.41, 5.74) is 6.49. The van der Waals surface area contributed by atoms with E-state index in [-0.39, 0.29) is 6.03 Å². The van der Waals surface area contributed by atoms with Crippen LogP contribution in [0.5, 0.6) is 0 Å². The van der Waals surface area contributed by atoms with E-state index in [9.17, 15) is 9.18 Å². The fourth-order valence-electron chi connectivity index (χ4n) is 4.57. The highest BCUT2D eigenvalue weighted by molar-refractivity contribution is 6.08. The molecule has 0 N–H and O–H groups in total. The van der Waals surface area contributed by atoms with Crippen molar-refractivity contribution in [3.63, 3.8) is 0 Å². The summed E-state index contributed by atoms with van der Waals surface area (Å²) in [6.45, 7) is 1.90. The van der Waals surface area contributed by atoms with Crippen molar-refractivity contribution in [3.8, 4) is 11.3 Å². The molecule has 7 heteroatoms. The molecule has 6 rings (SSSR count). The van der Waals surface area contributed by atoms with Crippen LogP contribution in [0.3, 0.4) is 0 Å². The molecule has 1 aliphatic rings. The van der Waals surface area contributed by atoms with Gasteiger partial charge in [-0.2, -0.15) is 0 Å². The molecule has 0 fully saturated rings. The minimum Gasteiger partial charge on any atom is -0.323 e. The lowest BCUT2D eigenvalue weighted by Gasteiger charge is -2.35. The number of carbonyl (C=O) groups excluding carboxylic acids is 1. The molecule has 0 aliphatic carbocycles. The van der Waals surface area contributed by atoms with Gasteiger partial charge >= 0.3 is 6.03 Å². The predicted octanol–water partition coefficient (Wildman–Crippen LogP) is 6.58. The van der Waals surface area contributed by atoms with Crippen LogP contribution >= 0.6 is 0 Å². The van der Waals surface area contributed by atoms with Crippen LogP contribution in [-0.2, 0) is 6.54 Å². The van der Waals surface area contributed by atoms with Crippen LogP contribution in [0.4, 0.5) is 20.6 Å². The molecule has 2 aromatic carbocycles. The highest BCUT2D eigenvalue weighted by Gasteiger charge is 2.32. The van der Waals surface area contributed by atoms with Gasteiger partial charge in [-0.05, 0) is 48.9 Å². The van der Waals surface area contributed by atoms with Crippen molar-refractivity contribution in [2.24, 2.45) is 0 Å². The van der Waals surface area contributed by atoms with Crippen LogP contribution in [0, 0.1) is 0 Å². The number of pyridine rings is 3. The Kier molecular flexibility index (Phi) is 4.91. The second kappa shape index (κ2) is 8.13. The van der Waals surface area contributed by atoms with Gasteiger partial charge in [-0.3, -0.25) is 14.9 Å². The van der Waals surface area contributed by atoms with E-state index in [0.29, 0.717) is 34.5 Å². The Balaban J connectivity index is 1.57. The molecule has 4 heterocycles. The first-order valence-electron chi connectivity index (χ1n) is 11.4. The van der Waals surface area contributed by atoms with Crippen molar-refractivity contribution in [1.29, 1.82) is 0 Å². The minimum atomic E-state index is -1.15. The van der Waals surface area contributed by atoms with E-state index in [1.165, 1.54) is 6.92 Å². The van der Waals surface area contributed by atoms with Gasteiger partial charge in [0.05, 0.1) is 34.6 Å². The van der Waals surface area contributed by atoms with Crippen molar-refractivity contribution >= 4 is 39.3 Å². The summed E-state index contributed by atoms with van der Waals surface area (Å²) in [7, 11) is 1.74. The van der Waals surface area contributed by atoms with E-state index < -0.39 is 6.17 Å². The number of para-hydroxylation sites is 1. The third-order valence-corrected chi connectivity index (χ3v) is 6.38. The Morgan fingerprint density at radius 1 is 0.943 bits per heavy atom. The molecular weight excluding hydrogens is 441 g/mol. The smallest absolute Gasteiger partial charge is 0.323 e. The van der Waals surface area contributed by atoms with E-state index in [4.69, 9.17) is 4.98 Å². The minimum absolute atomic E-state index is 0.201. The first-order chi connectivity index (χ1) is 17.0. The molecule has 1 aliphatic heterocycles. The molecule has 1 unspecified atom stereocenters. The van der Waals surface area contributed by atoms with Crippen LogP contribution in [-0.4, -0.2) is 32.9 Å². The average molecular weight is 464 g/mol. The van der Waals surface area contributed by atoms with Gasteiger partial charge in [0, 0.05) is 36.0 Å². The largest absolute Gasteiger partial charge is 0.329 e. The summed E-state index contributed by atoms with van der Waals surface area (Å²) in [4.78, 5) is 30.8. The van der Waals surface area contributed by atoms with E-state index >= 15 is 0 Å². The molecule has 3 aromatic heterocycles. The van der Waals surface area contributed by atoms with Crippen LogP contribution < -0.4 is 4.90 Å². The fourth-order valence-corrected chi connectivity index (χ4v) is 4.57. The van der Waals surface area contributed by atoms with Gasteiger partial charge < -0.3 is 4.90 Å². The number of aromatic nitrogens is 3. The number of amides is 2. The number of halogens is 1. The molecule has 6 nitrogen and oxygen atoms in total. The van der Waals surface area contributed by atoms with Crippen molar-refractivity contribution in [3.05, 3.63) is 90.3 Å². The number of alkyl halides is 1. The molecule has 0 saturated heterocycles.